The Hall–Kier alpha value is -1.77. The number of phenolic OH excluding ortho intramolecular Hbond substituents is 1. The minimum atomic E-state index is -0.322. The van der Waals surface area contributed by atoms with Crippen molar-refractivity contribution in [2.45, 2.75) is 64.7 Å². The maximum atomic E-state index is 11.7. The van der Waals surface area contributed by atoms with Crippen LogP contribution < -0.4 is 0 Å². The molecule has 1 aromatic rings. The molecule has 23 heavy (non-hydrogen) atoms. The number of rotatable bonds is 12. The highest BCUT2D eigenvalue weighted by Gasteiger charge is 2.05. The van der Waals surface area contributed by atoms with Crippen LogP contribution in [-0.4, -0.2) is 17.7 Å². The van der Waals surface area contributed by atoms with Crippen LogP contribution in [0, 0.1) is 0 Å². The lowest BCUT2D eigenvalue weighted by atomic mass is 10.1. The minimum absolute atomic E-state index is 0.153. The van der Waals surface area contributed by atoms with Gasteiger partial charge in [0, 0.05) is 0 Å². The van der Waals surface area contributed by atoms with Gasteiger partial charge in [0.05, 0.1) is 12.2 Å². The molecule has 0 amide bonds. The van der Waals surface area contributed by atoms with Crippen molar-refractivity contribution in [3.8, 4) is 5.75 Å². The second-order valence-electron chi connectivity index (χ2n) is 5.85. The largest absolute Gasteiger partial charge is 0.508 e. The molecule has 0 unspecified atom stereocenters. The molecule has 0 heterocycles. The zero-order valence-electron chi connectivity index (χ0n) is 14.3. The van der Waals surface area contributed by atoms with Gasteiger partial charge in [0.2, 0.25) is 0 Å². The van der Waals surface area contributed by atoms with Crippen molar-refractivity contribution in [1.29, 1.82) is 0 Å². The highest BCUT2D eigenvalue weighted by molar-refractivity contribution is 5.89. The van der Waals surface area contributed by atoms with E-state index in [1.165, 1.54) is 44.2 Å². The summed E-state index contributed by atoms with van der Waals surface area (Å²) in [6.45, 7) is 2.69. The fourth-order valence-corrected chi connectivity index (χ4v) is 2.31. The number of benzene rings is 1. The Kier molecular flexibility index (Phi) is 10.7. The van der Waals surface area contributed by atoms with Gasteiger partial charge in [-0.25, -0.2) is 4.79 Å². The quantitative estimate of drug-likeness (QED) is 0.308. The maximum absolute atomic E-state index is 11.7. The van der Waals surface area contributed by atoms with E-state index in [4.69, 9.17) is 9.84 Å². The third-order valence-electron chi connectivity index (χ3n) is 3.74. The van der Waals surface area contributed by atoms with Crippen LogP contribution in [0.1, 0.15) is 75.1 Å². The lowest BCUT2D eigenvalue weighted by molar-refractivity contribution is 0.0498. The van der Waals surface area contributed by atoms with E-state index in [0.717, 1.165) is 25.7 Å². The van der Waals surface area contributed by atoms with Crippen LogP contribution in [0.3, 0.4) is 0 Å². The third kappa shape index (κ3) is 9.77. The normalized spacial score (nSPS) is 11.0. The SMILES string of the molecule is CCCCCC/C=C/CCCCCOC(=O)c1ccc(O)cc1. The van der Waals surface area contributed by atoms with Crippen molar-refractivity contribution >= 4 is 5.97 Å². The van der Waals surface area contributed by atoms with Crippen LogP contribution in [-0.2, 0) is 4.74 Å². The molecule has 0 atom stereocenters. The summed E-state index contributed by atoms with van der Waals surface area (Å²) >= 11 is 0. The lowest BCUT2D eigenvalue weighted by Crippen LogP contribution is -2.06. The summed E-state index contributed by atoms with van der Waals surface area (Å²) in [5.74, 6) is -0.169. The van der Waals surface area contributed by atoms with Crippen molar-refractivity contribution < 1.29 is 14.6 Å². The molecule has 0 aliphatic carbocycles. The fraction of sp³-hybridized carbons (Fsp3) is 0.550. The topological polar surface area (TPSA) is 46.5 Å². The molecular formula is C20H30O3. The first-order chi connectivity index (χ1) is 11.2. The Morgan fingerprint density at radius 1 is 0.957 bits per heavy atom. The summed E-state index contributed by atoms with van der Waals surface area (Å²) in [7, 11) is 0. The average molecular weight is 318 g/mol. The lowest BCUT2D eigenvalue weighted by Gasteiger charge is -2.04. The van der Waals surface area contributed by atoms with E-state index in [0.29, 0.717) is 12.2 Å². The molecule has 0 aliphatic rings. The van der Waals surface area contributed by atoms with Crippen molar-refractivity contribution in [2.75, 3.05) is 6.61 Å². The predicted molar refractivity (Wildman–Crippen MR) is 94.8 cm³/mol. The van der Waals surface area contributed by atoms with Crippen molar-refractivity contribution in [1.82, 2.24) is 0 Å². The predicted octanol–water partition coefficient (Wildman–Crippen LogP) is 5.64. The van der Waals surface area contributed by atoms with E-state index < -0.39 is 0 Å². The summed E-state index contributed by atoms with van der Waals surface area (Å²) in [5.41, 5.74) is 0.480. The van der Waals surface area contributed by atoms with Crippen LogP contribution in [0.2, 0.25) is 0 Å². The number of allylic oxidation sites excluding steroid dienone is 2. The Balaban J connectivity index is 1.96. The molecular weight excluding hydrogens is 288 g/mol. The maximum Gasteiger partial charge on any atom is 0.338 e. The van der Waals surface area contributed by atoms with Gasteiger partial charge in [-0.05, 0) is 62.8 Å². The molecule has 1 rings (SSSR count). The van der Waals surface area contributed by atoms with E-state index in [2.05, 4.69) is 19.1 Å². The van der Waals surface area contributed by atoms with Gasteiger partial charge in [-0.2, -0.15) is 0 Å². The number of hydrogen-bond acceptors (Lipinski definition) is 3. The number of esters is 1. The van der Waals surface area contributed by atoms with Gasteiger partial charge < -0.3 is 9.84 Å². The molecule has 0 aromatic heterocycles. The minimum Gasteiger partial charge on any atom is -0.508 e. The fourth-order valence-electron chi connectivity index (χ4n) is 2.31. The summed E-state index contributed by atoms with van der Waals surface area (Å²) in [5, 5.41) is 9.17. The van der Waals surface area contributed by atoms with E-state index >= 15 is 0 Å². The Bertz CT molecular complexity index is 448. The van der Waals surface area contributed by atoms with Crippen molar-refractivity contribution in [2.24, 2.45) is 0 Å². The number of carbonyl (C=O) groups excluding carboxylic acids is 1. The number of carbonyl (C=O) groups is 1. The van der Waals surface area contributed by atoms with E-state index in [1.54, 1.807) is 12.1 Å². The second kappa shape index (κ2) is 12.7. The van der Waals surface area contributed by atoms with Gasteiger partial charge in [0.15, 0.2) is 0 Å². The Morgan fingerprint density at radius 2 is 1.57 bits per heavy atom. The molecule has 0 radical (unpaired) electrons. The molecule has 1 aromatic carbocycles. The molecule has 1 N–H and O–H groups in total. The number of hydrogen-bond donors (Lipinski definition) is 1. The van der Waals surface area contributed by atoms with Gasteiger partial charge in [0.25, 0.3) is 0 Å². The van der Waals surface area contributed by atoms with E-state index in [-0.39, 0.29) is 11.7 Å². The van der Waals surface area contributed by atoms with Crippen LogP contribution in [0.5, 0.6) is 5.75 Å². The van der Waals surface area contributed by atoms with Gasteiger partial charge in [0.1, 0.15) is 5.75 Å². The summed E-state index contributed by atoms with van der Waals surface area (Å²) < 4.78 is 5.21. The molecule has 0 saturated heterocycles. The standard InChI is InChI=1S/C20H30O3/c1-2-3-4-5-6-7-8-9-10-11-12-17-23-20(22)18-13-15-19(21)16-14-18/h7-8,13-16,21H,2-6,9-12,17H2,1H3/b8-7+. The van der Waals surface area contributed by atoms with Crippen molar-refractivity contribution in [3.05, 3.63) is 42.0 Å². The van der Waals surface area contributed by atoms with Gasteiger partial charge in [-0.15, -0.1) is 0 Å². The average Bonchev–Trinajstić information content (AvgIpc) is 2.56. The Morgan fingerprint density at radius 3 is 2.17 bits per heavy atom. The molecule has 0 aliphatic heterocycles. The second-order valence-corrected chi connectivity index (χ2v) is 5.85. The molecule has 0 spiro atoms. The number of unbranched alkanes of at least 4 members (excludes halogenated alkanes) is 7. The van der Waals surface area contributed by atoms with Crippen LogP contribution in [0.15, 0.2) is 36.4 Å². The van der Waals surface area contributed by atoms with Crippen LogP contribution in [0.4, 0.5) is 0 Å². The first kappa shape index (κ1) is 19.3. The highest BCUT2D eigenvalue weighted by Crippen LogP contribution is 2.11. The molecule has 128 valence electrons. The Labute approximate surface area is 140 Å². The molecule has 0 bridgehead atoms. The van der Waals surface area contributed by atoms with Crippen molar-refractivity contribution in [3.63, 3.8) is 0 Å². The van der Waals surface area contributed by atoms with Crippen LogP contribution in [0.25, 0.3) is 0 Å². The summed E-state index contributed by atoms with van der Waals surface area (Å²) in [6.07, 6.45) is 15.3. The van der Waals surface area contributed by atoms with Gasteiger partial charge in [-0.1, -0.05) is 38.3 Å². The number of aromatic hydroxyl groups is 1. The van der Waals surface area contributed by atoms with E-state index in [1.807, 2.05) is 0 Å². The number of ether oxygens (including phenoxy) is 1. The van der Waals surface area contributed by atoms with E-state index in [9.17, 15) is 4.79 Å². The smallest absolute Gasteiger partial charge is 0.338 e. The molecule has 0 fully saturated rings. The third-order valence-corrected chi connectivity index (χ3v) is 3.74. The number of phenols is 1. The highest BCUT2D eigenvalue weighted by atomic mass is 16.5. The van der Waals surface area contributed by atoms with Gasteiger partial charge >= 0.3 is 5.97 Å². The monoisotopic (exact) mass is 318 g/mol. The van der Waals surface area contributed by atoms with Crippen LogP contribution >= 0.6 is 0 Å². The molecule has 3 heteroatoms. The summed E-state index contributed by atoms with van der Waals surface area (Å²) in [4.78, 5) is 11.7. The zero-order valence-corrected chi connectivity index (χ0v) is 14.3. The van der Waals surface area contributed by atoms with Gasteiger partial charge in [-0.3, -0.25) is 0 Å². The first-order valence-electron chi connectivity index (χ1n) is 8.85. The summed E-state index contributed by atoms with van der Waals surface area (Å²) in [6, 6.07) is 6.13. The zero-order chi connectivity index (χ0) is 16.8. The first-order valence-corrected chi connectivity index (χ1v) is 8.85. The molecule has 3 nitrogen and oxygen atoms in total. The molecule has 0 saturated carbocycles.